The molecule has 0 aliphatic carbocycles. The SMILES string of the molecule is Cc1ccc(S(=O)(=O)c2ccc3cc(-c4nc5ccccc5o4)ccc3c2)cc1. The zero-order chi connectivity index (χ0) is 20.0. The molecular weight excluding hydrogens is 382 g/mol. The molecule has 0 N–H and O–H groups in total. The number of para-hydroxylation sites is 2. The average Bonchev–Trinajstić information content (AvgIpc) is 3.17. The monoisotopic (exact) mass is 399 g/mol. The van der Waals surface area contributed by atoms with Crippen molar-refractivity contribution < 1.29 is 12.8 Å². The average molecular weight is 399 g/mol. The fraction of sp³-hybridized carbons (Fsp3) is 0.0417. The molecule has 0 saturated heterocycles. The molecule has 0 bridgehead atoms. The quantitative estimate of drug-likeness (QED) is 0.385. The second-order valence-corrected chi connectivity index (χ2v) is 8.98. The molecular formula is C24H17NO3S. The first-order valence-corrected chi connectivity index (χ1v) is 10.7. The first-order chi connectivity index (χ1) is 14.0. The summed E-state index contributed by atoms with van der Waals surface area (Å²) in [6.07, 6.45) is 0. The van der Waals surface area contributed by atoms with Crippen LogP contribution in [0.3, 0.4) is 0 Å². The molecule has 0 amide bonds. The number of aromatic nitrogens is 1. The van der Waals surface area contributed by atoms with Crippen LogP contribution in [0.5, 0.6) is 0 Å². The molecule has 0 aliphatic rings. The molecule has 1 heterocycles. The smallest absolute Gasteiger partial charge is 0.227 e. The summed E-state index contributed by atoms with van der Waals surface area (Å²) in [5.74, 6) is 0.546. The zero-order valence-electron chi connectivity index (χ0n) is 15.7. The number of rotatable bonds is 3. The van der Waals surface area contributed by atoms with E-state index in [1.807, 2.05) is 55.5 Å². The van der Waals surface area contributed by atoms with Crippen LogP contribution in [0, 0.1) is 6.92 Å². The van der Waals surface area contributed by atoms with E-state index in [0.717, 1.165) is 33.0 Å². The van der Waals surface area contributed by atoms with Gasteiger partial charge in [0.25, 0.3) is 0 Å². The maximum atomic E-state index is 13.0. The maximum absolute atomic E-state index is 13.0. The number of aryl methyl sites for hydroxylation is 1. The van der Waals surface area contributed by atoms with E-state index < -0.39 is 9.84 Å². The Balaban J connectivity index is 1.56. The molecule has 0 spiro atoms. The van der Waals surface area contributed by atoms with Crippen LogP contribution in [0.2, 0.25) is 0 Å². The molecule has 5 heteroatoms. The molecule has 29 heavy (non-hydrogen) atoms. The summed E-state index contributed by atoms with van der Waals surface area (Å²) in [6.45, 7) is 1.93. The lowest BCUT2D eigenvalue weighted by Gasteiger charge is -2.07. The Morgan fingerprint density at radius 2 is 1.45 bits per heavy atom. The molecule has 5 aromatic rings. The van der Waals surface area contributed by atoms with Gasteiger partial charge in [-0.05, 0) is 66.2 Å². The standard InChI is InChI=1S/C24H17NO3S/c1-16-6-11-20(12-7-16)29(26,27)21-13-10-17-14-19(9-8-18(17)15-21)24-25-22-4-2-3-5-23(22)28-24/h2-15H,1H3. The van der Waals surface area contributed by atoms with E-state index in [1.165, 1.54) is 0 Å². The van der Waals surface area contributed by atoms with E-state index in [1.54, 1.807) is 36.4 Å². The Morgan fingerprint density at radius 3 is 2.24 bits per heavy atom. The van der Waals surface area contributed by atoms with Crippen LogP contribution >= 0.6 is 0 Å². The van der Waals surface area contributed by atoms with Gasteiger partial charge in [0.15, 0.2) is 5.58 Å². The van der Waals surface area contributed by atoms with E-state index in [9.17, 15) is 8.42 Å². The highest BCUT2D eigenvalue weighted by molar-refractivity contribution is 7.91. The normalized spacial score (nSPS) is 11.9. The van der Waals surface area contributed by atoms with Gasteiger partial charge in [0.1, 0.15) is 5.52 Å². The Morgan fingerprint density at radius 1 is 0.759 bits per heavy atom. The lowest BCUT2D eigenvalue weighted by molar-refractivity contribution is 0.596. The highest BCUT2D eigenvalue weighted by Gasteiger charge is 2.18. The summed E-state index contributed by atoms with van der Waals surface area (Å²) >= 11 is 0. The van der Waals surface area contributed by atoms with Gasteiger partial charge in [0.05, 0.1) is 9.79 Å². The molecule has 5 rings (SSSR count). The molecule has 0 fully saturated rings. The summed E-state index contributed by atoms with van der Waals surface area (Å²) in [6, 6.07) is 25.5. The van der Waals surface area contributed by atoms with Crippen molar-refractivity contribution in [1.29, 1.82) is 0 Å². The maximum Gasteiger partial charge on any atom is 0.227 e. The van der Waals surface area contributed by atoms with Gasteiger partial charge in [0.2, 0.25) is 15.7 Å². The minimum atomic E-state index is -3.56. The van der Waals surface area contributed by atoms with Gasteiger partial charge in [-0.1, -0.05) is 42.0 Å². The third-order valence-corrected chi connectivity index (χ3v) is 6.76. The van der Waals surface area contributed by atoms with E-state index >= 15 is 0 Å². The van der Waals surface area contributed by atoms with Crippen molar-refractivity contribution in [2.45, 2.75) is 16.7 Å². The van der Waals surface area contributed by atoms with Gasteiger partial charge in [-0.3, -0.25) is 0 Å². The molecule has 0 saturated carbocycles. The number of oxazole rings is 1. The number of hydrogen-bond donors (Lipinski definition) is 0. The minimum absolute atomic E-state index is 0.281. The fourth-order valence-electron chi connectivity index (χ4n) is 3.37. The van der Waals surface area contributed by atoms with E-state index in [0.29, 0.717) is 10.8 Å². The minimum Gasteiger partial charge on any atom is -0.436 e. The van der Waals surface area contributed by atoms with E-state index in [4.69, 9.17) is 4.42 Å². The molecule has 0 aliphatic heterocycles. The van der Waals surface area contributed by atoms with Crippen LogP contribution in [0.1, 0.15) is 5.56 Å². The van der Waals surface area contributed by atoms with Gasteiger partial charge >= 0.3 is 0 Å². The van der Waals surface area contributed by atoms with Crippen molar-refractivity contribution in [2.24, 2.45) is 0 Å². The van der Waals surface area contributed by atoms with Crippen LogP contribution in [-0.4, -0.2) is 13.4 Å². The number of fused-ring (bicyclic) bond motifs is 2. The van der Waals surface area contributed by atoms with E-state index in [-0.39, 0.29) is 4.90 Å². The Hall–Kier alpha value is -3.44. The lowest BCUT2D eigenvalue weighted by Crippen LogP contribution is -2.01. The fourth-order valence-corrected chi connectivity index (χ4v) is 4.67. The van der Waals surface area contributed by atoms with Crippen LogP contribution in [-0.2, 0) is 9.84 Å². The lowest BCUT2D eigenvalue weighted by atomic mass is 10.1. The molecule has 1 aromatic heterocycles. The Bertz CT molecular complexity index is 1430. The molecule has 4 nitrogen and oxygen atoms in total. The van der Waals surface area contributed by atoms with Crippen molar-refractivity contribution in [3.05, 3.63) is 90.5 Å². The Kier molecular flexibility index (Phi) is 4.00. The molecule has 0 atom stereocenters. The van der Waals surface area contributed by atoms with Crippen molar-refractivity contribution in [1.82, 2.24) is 4.98 Å². The van der Waals surface area contributed by atoms with E-state index in [2.05, 4.69) is 4.98 Å². The van der Waals surface area contributed by atoms with Crippen molar-refractivity contribution in [3.63, 3.8) is 0 Å². The number of nitrogens with zero attached hydrogens (tertiary/aromatic N) is 1. The number of hydrogen-bond acceptors (Lipinski definition) is 4. The zero-order valence-corrected chi connectivity index (χ0v) is 16.5. The van der Waals surface area contributed by atoms with Crippen LogP contribution in [0.4, 0.5) is 0 Å². The summed E-state index contributed by atoms with van der Waals surface area (Å²) in [7, 11) is -3.56. The molecule has 0 radical (unpaired) electrons. The Labute approximate surface area is 168 Å². The van der Waals surface area contributed by atoms with Crippen LogP contribution in [0.25, 0.3) is 33.3 Å². The van der Waals surface area contributed by atoms with Gasteiger partial charge in [-0.25, -0.2) is 13.4 Å². The van der Waals surface area contributed by atoms with Gasteiger partial charge in [-0.2, -0.15) is 0 Å². The second kappa shape index (κ2) is 6.57. The molecule has 0 unspecified atom stereocenters. The highest BCUT2D eigenvalue weighted by Crippen LogP contribution is 2.29. The van der Waals surface area contributed by atoms with Crippen LogP contribution < -0.4 is 0 Å². The summed E-state index contributed by atoms with van der Waals surface area (Å²) in [5.41, 5.74) is 3.42. The van der Waals surface area contributed by atoms with Crippen molar-refractivity contribution in [2.75, 3.05) is 0 Å². The third kappa shape index (κ3) is 3.09. The topological polar surface area (TPSA) is 60.2 Å². The predicted octanol–water partition coefficient (Wildman–Crippen LogP) is 5.79. The number of benzene rings is 4. The van der Waals surface area contributed by atoms with Crippen LogP contribution in [0.15, 0.2) is 99.1 Å². The van der Waals surface area contributed by atoms with Gasteiger partial charge < -0.3 is 4.42 Å². The summed E-state index contributed by atoms with van der Waals surface area (Å²) in [4.78, 5) is 5.11. The van der Waals surface area contributed by atoms with Crippen molar-refractivity contribution >= 4 is 31.7 Å². The summed E-state index contributed by atoms with van der Waals surface area (Å²) in [5, 5.41) is 1.77. The largest absolute Gasteiger partial charge is 0.436 e. The summed E-state index contributed by atoms with van der Waals surface area (Å²) < 4.78 is 31.7. The first-order valence-electron chi connectivity index (χ1n) is 9.22. The first kappa shape index (κ1) is 17.6. The predicted molar refractivity (Wildman–Crippen MR) is 114 cm³/mol. The van der Waals surface area contributed by atoms with Gasteiger partial charge in [-0.15, -0.1) is 0 Å². The van der Waals surface area contributed by atoms with Crippen molar-refractivity contribution in [3.8, 4) is 11.5 Å². The third-order valence-electron chi connectivity index (χ3n) is 4.99. The molecule has 4 aromatic carbocycles. The molecule has 142 valence electrons. The number of sulfone groups is 1. The second-order valence-electron chi connectivity index (χ2n) is 7.03. The highest BCUT2D eigenvalue weighted by atomic mass is 32.2. The van der Waals surface area contributed by atoms with Gasteiger partial charge in [0, 0.05) is 5.56 Å².